The summed E-state index contributed by atoms with van der Waals surface area (Å²) in [6.45, 7) is 5.51. The van der Waals surface area contributed by atoms with Crippen LogP contribution in [0.3, 0.4) is 0 Å². The van der Waals surface area contributed by atoms with Gasteiger partial charge in [0.1, 0.15) is 12.4 Å². The molecule has 17 heavy (non-hydrogen) atoms. The van der Waals surface area contributed by atoms with Gasteiger partial charge in [0.2, 0.25) is 0 Å². The van der Waals surface area contributed by atoms with Crippen molar-refractivity contribution in [2.75, 3.05) is 20.3 Å². The Hall–Kier alpha value is -1.13. The predicted molar refractivity (Wildman–Crippen MR) is 71.1 cm³/mol. The van der Waals surface area contributed by atoms with Crippen molar-refractivity contribution < 1.29 is 9.47 Å². The first kappa shape index (κ1) is 12.3. The van der Waals surface area contributed by atoms with Crippen LogP contribution in [0.15, 0.2) is 18.2 Å². The second-order valence-corrected chi connectivity index (χ2v) is 5.24. The van der Waals surface area contributed by atoms with Gasteiger partial charge in [0.05, 0.1) is 21.8 Å². The summed E-state index contributed by atoms with van der Waals surface area (Å²) in [4.78, 5) is 4.59. The summed E-state index contributed by atoms with van der Waals surface area (Å²) in [5, 5.41) is 1.18. The summed E-state index contributed by atoms with van der Waals surface area (Å²) in [7, 11) is 1.67. The second kappa shape index (κ2) is 5.47. The topological polar surface area (TPSA) is 31.4 Å². The molecule has 1 aromatic carbocycles. The van der Waals surface area contributed by atoms with Crippen LogP contribution in [0.25, 0.3) is 10.2 Å². The van der Waals surface area contributed by atoms with Gasteiger partial charge in [-0.25, -0.2) is 4.98 Å². The van der Waals surface area contributed by atoms with Crippen molar-refractivity contribution in [1.29, 1.82) is 0 Å². The van der Waals surface area contributed by atoms with Crippen molar-refractivity contribution in [1.82, 2.24) is 4.98 Å². The van der Waals surface area contributed by atoms with E-state index in [9.17, 15) is 0 Å². The molecule has 0 aliphatic carbocycles. The summed E-state index contributed by atoms with van der Waals surface area (Å²) in [5.74, 6) is 1.36. The molecule has 0 bridgehead atoms. The standard InChI is InChI=1S/C13H17NO2S/c1-9(2)13-14-11-5-4-10(8-12(11)17-13)16-7-6-15-3/h4-5,8-9H,6-7H2,1-3H3. The average molecular weight is 251 g/mol. The van der Waals surface area contributed by atoms with Crippen LogP contribution in [0, 0.1) is 0 Å². The van der Waals surface area contributed by atoms with E-state index in [1.807, 2.05) is 12.1 Å². The fourth-order valence-corrected chi connectivity index (χ4v) is 2.50. The fourth-order valence-electron chi connectivity index (χ4n) is 1.50. The van der Waals surface area contributed by atoms with Gasteiger partial charge in [0, 0.05) is 13.0 Å². The van der Waals surface area contributed by atoms with E-state index in [1.165, 1.54) is 9.71 Å². The zero-order chi connectivity index (χ0) is 12.3. The second-order valence-electron chi connectivity index (χ2n) is 4.18. The Kier molecular flexibility index (Phi) is 3.97. The number of benzene rings is 1. The molecule has 0 unspecified atom stereocenters. The normalized spacial score (nSPS) is 11.3. The van der Waals surface area contributed by atoms with Crippen LogP contribution < -0.4 is 4.74 Å². The number of aromatic nitrogens is 1. The largest absolute Gasteiger partial charge is 0.491 e. The monoisotopic (exact) mass is 251 g/mol. The van der Waals surface area contributed by atoms with E-state index in [-0.39, 0.29) is 0 Å². The molecule has 0 amide bonds. The summed E-state index contributed by atoms with van der Waals surface area (Å²) in [6, 6.07) is 6.02. The van der Waals surface area contributed by atoms with Crippen LogP contribution in [0.1, 0.15) is 24.8 Å². The number of methoxy groups -OCH3 is 1. The van der Waals surface area contributed by atoms with E-state index >= 15 is 0 Å². The van der Waals surface area contributed by atoms with Crippen LogP contribution in [0.5, 0.6) is 5.75 Å². The molecule has 0 saturated heterocycles. The molecule has 0 aliphatic heterocycles. The molecule has 1 aromatic heterocycles. The molecule has 0 spiro atoms. The molecule has 0 aliphatic rings. The molecule has 0 fully saturated rings. The van der Waals surface area contributed by atoms with Crippen LogP contribution in [0.4, 0.5) is 0 Å². The van der Waals surface area contributed by atoms with Gasteiger partial charge >= 0.3 is 0 Å². The van der Waals surface area contributed by atoms with E-state index in [2.05, 4.69) is 24.9 Å². The Morgan fingerprint density at radius 2 is 2.12 bits per heavy atom. The van der Waals surface area contributed by atoms with Crippen molar-refractivity contribution in [3.63, 3.8) is 0 Å². The van der Waals surface area contributed by atoms with E-state index in [0.717, 1.165) is 11.3 Å². The van der Waals surface area contributed by atoms with Gasteiger partial charge < -0.3 is 9.47 Å². The lowest BCUT2D eigenvalue weighted by molar-refractivity contribution is 0.146. The Labute approximate surface area is 105 Å². The molecule has 2 rings (SSSR count). The van der Waals surface area contributed by atoms with Crippen LogP contribution >= 0.6 is 11.3 Å². The minimum Gasteiger partial charge on any atom is -0.491 e. The maximum Gasteiger partial charge on any atom is 0.120 e. The van der Waals surface area contributed by atoms with Gasteiger partial charge in [0.25, 0.3) is 0 Å². The molecule has 1 heterocycles. The van der Waals surface area contributed by atoms with E-state index in [4.69, 9.17) is 9.47 Å². The van der Waals surface area contributed by atoms with Gasteiger partial charge in [-0.1, -0.05) is 13.8 Å². The molecule has 0 radical (unpaired) electrons. The highest BCUT2D eigenvalue weighted by Crippen LogP contribution is 2.29. The van der Waals surface area contributed by atoms with Gasteiger partial charge in [-0.05, 0) is 18.2 Å². The minimum absolute atomic E-state index is 0.477. The SMILES string of the molecule is COCCOc1ccc2nc(C(C)C)sc2c1. The van der Waals surface area contributed by atoms with Crippen LogP contribution in [0.2, 0.25) is 0 Å². The first-order valence-electron chi connectivity index (χ1n) is 5.73. The number of hydrogen-bond donors (Lipinski definition) is 0. The molecule has 2 aromatic rings. The van der Waals surface area contributed by atoms with Crippen molar-refractivity contribution in [3.05, 3.63) is 23.2 Å². The van der Waals surface area contributed by atoms with Gasteiger partial charge in [-0.3, -0.25) is 0 Å². The quantitative estimate of drug-likeness (QED) is 0.763. The number of hydrogen-bond acceptors (Lipinski definition) is 4. The number of fused-ring (bicyclic) bond motifs is 1. The lowest BCUT2D eigenvalue weighted by Crippen LogP contribution is -2.03. The molecular formula is C13H17NO2S. The van der Waals surface area contributed by atoms with Gasteiger partial charge in [-0.2, -0.15) is 0 Å². The Morgan fingerprint density at radius 1 is 1.29 bits per heavy atom. The van der Waals surface area contributed by atoms with E-state index < -0.39 is 0 Å². The lowest BCUT2D eigenvalue weighted by Gasteiger charge is -2.04. The van der Waals surface area contributed by atoms with Crippen LogP contribution in [-0.2, 0) is 4.74 Å². The Morgan fingerprint density at radius 3 is 2.82 bits per heavy atom. The van der Waals surface area contributed by atoms with Gasteiger partial charge in [0.15, 0.2) is 0 Å². The highest BCUT2D eigenvalue weighted by molar-refractivity contribution is 7.18. The fraction of sp³-hybridized carbons (Fsp3) is 0.462. The Balaban J connectivity index is 2.18. The number of ether oxygens (including phenoxy) is 2. The summed E-state index contributed by atoms with van der Waals surface area (Å²) < 4.78 is 11.7. The van der Waals surface area contributed by atoms with E-state index in [1.54, 1.807) is 18.4 Å². The summed E-state index contributed by atoms with van der Waals surface area (Å²) >= 11 is 1.74. The average Bonchev–Trinajstić information content (AvgIpc) is 2.72. The summed E-state index contributed by atoms with van der Waals surface area (Å²) in [5.41, 5.74) is 1.05. The third-order valence-electron chi connectivity index (χ3n) is 2.43. The van der Waals surface area contributed by atoms with Crippen LogP contribution in [-0.4, -0.2) is 25.3 Å². The molecule has 4 heteroatoms. The number of nitrogens with zero attached hydrogens (tertiary/aromatic N) is 1. The molecule has 0 saturated carbocycles. The highest BCUT2D eigenvalue weighted by atomic mass is 32.1. The first-order chi connectivity index (χ1) is 8.20. The van der Waals surface area contributed by atoms with E-state index in [0.29, 0.717) is 19.1 Å². The number of thiazole rings is 1. The highest BCUT2D eigenvalue weighted by Gasteiger charge is 2.07. The zero-order valence-electron chi connectivity index (χ0n) is 10.4. The smallest absolute Gasteiger partial charge is 0.120 e. The molecule has 92 valence electrons. The maximum absolute atomic E-state index is 5.58. The van der Waals surface area contributed by atoms with Crippen molar-refractivity contribution >= 4 is 21.6 Å². The minimum atomic E-state index is 0.477. The first-order valence-corrected chi connectivity index (χ1v) is 6.54. The van der Waals surface area contributed by atoms with Crippen molar-refractivity contribution in [2.45, 2.75) is 19.8 Å². The lowest BCUT2D eigenvalue weighted by atomic mass is 10.2. The van der Waals surface area contributed by atoms with Crippen molar-refractivity contribution in [2.24, 2.45) is 0 Å². The summed E-state index contributed by atoms with van der Waals surface area (Å²) in [6.07, 6.45) is 0. The molecule has 3 nitrogen and oxygen atoms in total. The van der Waals surface area contributed by atoms with Crippen molar-refractivity contribution in [3.8, 4) is 5.75 Å². The predicted octanol–water partition coefficient (Wildman–Crippen LogP) is 3.44. The number of rotatable bonds is 5. The molecule has 0 atom stereocenters. The molecular weight excluding hydrogens is 234 g/mol. The maximum atomic E-state index is 5.58. The Bertz CT molecular complexity index is 493. The zero-order valence-corrected chi connectivity index (χ0v) is 11.2. The third-order valence-corrected chi connectivity index (χ3v) is 3.75. The van der Waals surface area contributed by atoms with Gasteiger partial charge in [-0.15, -0.1) is 11.3 Å². The third kappa shape index (κ3) is 2.96. The molecule has 0 N–H and O–H groups in total.